The van der Waals surface area contributed by atoms with Gasteiger partial charge in [0, 0.05) is 70.5 Å². The van der Waals surface area contributed by atoms with Gasteiger partial charge in [-0.2, -0.15) is 13.2 Å². The number of piperazine rings is 1. The second-order valence-electron chi connectivity index (χ2n) is 8.66. The van der Waals surface area contributed by atoms with Crippen LogP contribution in [0.5, 0.6) is 0 Å². The predicted molar refractivity (Wildman–Crippen MR) is 110 cm³/mol. The summed E-state index contributed by atoms with van der Waals surface area (Å²) in [5.41, 5.74) is 1.02. The molecule has 0 unspecified atom stereocenters. The highest BCUT2D eigenvalue weighted by Gasteiger charge is 2.34. The van der Waals surface area contributed by atoms with Crippen LogP contribution in [-0.4, -0.2) is 68.1 Å². The Morgan fingerprint density at radius 3 is 2.30 bits per heavy atom. The summed E-state index contributed by atoms with van der Waals surface area (Å²) in [5.74, 6) is 0.235. The van der Waals surface area contributed by atoms with Gasteiger partial charge in [-0.15, -0.1) is 0 Å². The van der Waals surface area contributed by atoms with E-state index >= 15 is 0 Å². The number of likely N-dealkylation sites (tertiary alicyclic amines) is 1. The lowest BCUT2D eigenvalue weighted by Crippen LogP contribution is -2.44. The normalized spacial score (nSPS) is 22.0. The van der Waals surface area contributed by atoms with Crippen molar-refractivity contribution in [2.45, 2.75) is 38.4 Å². The fraction of sp³-hybridized carbons (Fsp3) is 0.682. The summed E-state index contributed by atoms with van der Waals surface area (Å²) in [6, 6.07) is 4.15. The molecule has 0 saturated carbocycles. The maximum atomic E-state index is 13.4. The number of rotatable bonds is 4. The van der Waals surface area contributed by atoms with Gasteiger partial charge in [-0.1, -0.05) is 6.07 Å². The summed E-state index contributed by atoms with van der Waals surface area (Å²) >= 11 is 0. The standard InChI is InChI=1S/C22H31F3N4O/c23-22(24,25)19-4-3-18(16-27-13-7-26-8-14-27)20(15-19)28-11-5-17(6-12-28)21(30)29-9-1-2-10-29/h3-4,15,17,26H,1-2,5-14,16H2. The smallest absolute Gasteiger partial charge is 0.371 e. The number of nitrogens with one attached hydrogen (secondary N) is 1. The van der Waals surface area contributed by atoms with Crippen LogP contribution < -0.4 is 10.2 Å². The van der Waals surface area contributed by atoms with Crippen LogP contribution in [0.1, 0.15) is 36.8 Å². The van der Waals surface area contributed by atoms with E-state index in [-0.39, 0.29) is 11.8 Å². The lowest BCUT2D eigenvalue weighted by atomic mass is 9.94. The van der Waals surface area contributed by atoms with Crippen LogP contribution in [-0.2, 0) is 17.5 Å². The summed E-state index contributed by atoms with van der Waals surface area (Å²) in [6.45, 7) is 7.20. The summed E-state index contributed by atoms with van der Waals surface area (Å²) < 4.78 is 40.1. The van der Waals surface area contributed by atoms with Gasteiger partial charge in [-0.05, 0) is 43.4 Å². The number of hydrogen-bond acceptors (Lipinski definition) is 4. The van der Waals surface area contributed by atoms with Gasteiger partial charge < -0.3 is 15.1 Å². The largest absolute Gasteiger partial charge is 0.416 e. The summed E-state index contributed by atoms with van der Waals surface area (Å²) in [7, 11) is 0. The van der Waals surface area contributed by atoms with Crippen molar-refractivity contribution < 1.29 is 18.0 Å². The Morgan fingerprint density at radius 1 is 1.00 bits per heavy atom. The van der Waals surface area contributed by atoms with Gasteiger partial charge in [-0.25, -0.2) is 0 Å². The van der Waals surface area contributed by atoms with Gasteiger partial charge in [0.25, 0.3) is 0 Å². The van der Waals surface area contributed by atoms with Crippen molar-refractivity contribution in [1.82, 2.24) is 15.1 Å². The van der Waals surface area contributed by atoms with Gasteiger partial charge in [0.1, 0.15) is 0 Å². The summed E-state index contributed by atoms with van der Waals surface area (Å²) in [5, 5.41) is 3.31. The van der Waals surface area contributed by atoms with E-state index in [1.165, 1.54) is 12.1 Å². The third kappa shape index (κ3) is 4.91. The van der Waals surface area contributed by atoms with Gasteiger partial charge in [-0.3, -0.25) is 9.69 Å². The van der Waals surface area contributed by atoms with E-state index in [2.05, 4.69) is 15.1 Å². The zero-order valence-electron chi connectivity index (χ0n) is 17.4. The fourth-order valence-corrected chi connectivity index (χ4v) is 4.84. The molecule has 30 heavy (non-hydrogen) atoms. The first-order valence-electron chi connectivity index (χ1n) is 11.1. The zero-order chi connectivity index (χ0) is 21.1. The lowest BCUT2D eigenvalue weighted by Gasteiger charge is -2.37. The Hall–Kier alpha value is -1.80. The number of anilines is 1. The average molecular weight is 425 g/mol. The average Bonchev–Trinajstić information content (AvgIpc) is 3.29. The molecule has 3 fully saturated rings. The number of carbonyl (C=O) groups excluding carboxylic acids is 1. The molecule has 166 valence electrons. The number of nitrogens with zero attached hydrogens (tertiary/aromatic N) is 3. The monoisotopic (exact) mass is 424 g/mol. The molecular weight excluding hydrogens is 393 g/mol. The van der Waals surface area contributed by atoms with Crippen molar-refractivity contribution in [1.29, 1.82) is 0 Å². The molecular formula is C22H31F3N4O. The number of halogens is 3. The molecule has 3 heterocycles. The van der Waals surface area contributed by atoms with Gasteiger partial charge in [0.2, 0.25) is 5.91 Å². The highest BCUT2D eigenvalue weighted by Crippen LogP contribution is 2.35. The number of amides is 1. The van der Waals surface area contributed by atoms with E-state index < -0.39 is 11.7 Å². The SMILES string of the molecule is O=C(C1CCN(c2cc(C(F)(F)F)ccc2CN2CCNCC2)CC1)N1CCCC1. The third-order valence-electron chi connectivity index (χ3n) is 6.62. The molecule has 4 rings (SSSR count). The molecule has 3 saturated heterocycles. The molecule has 1 N–H and O–H groups in total. The van der Waals surface area contributed by atoms with E-state index in [1.54, 1.807) is 6.07 Å². The van der Waals surface area contributed by atoms with E-state index in [0.29, 0.717) is 38.2 Å². The first-order chi connectivity index (χ1) is 14.4. The third-order valence-corrected chi connectivity index (χ3v) is 6.62. The van der Waals surface area contributed by atoms with E-state index in [0.717, 1.165) is 57.7 Å². The fourth-order valence-electron chi connectivity index (χ4n) is 4.84. The maximum Gasteiger partial charge on any atom is 0.416 e. The van der Waals surface area contributed by atoms with Crippen LogP contribution in [0.15, 0.2) is 18.2 Å². The Kier molecular flexibility index (Phi) is 6.53. The van der Waals surface area contributed by atoms with Crippen molar-refractivity contribution in [2.75, 3.05) is 57.3 Å². The van der Waals surface area contributed by atoms with Gasteiger partial charge in [0.05, 0.1) is 5.56 Å². The van der Waals surface area contributed by atoms with Crippen LogP contribution >= 0.6 is 0 Å². The predicted octanol–water partition coefficient (Wildman–Crippen LogP) is 2.95. The number of alkyl halides is 3. The maximum absolute atomic E-state index is 13.4. The van der Waals surface area contributed by atoms with E-state index in [1.807, 2.05) is 4.90 Å². The van der Waals surface area contributed by atoms with Crippen LogP contribution in [0.25, 0.3) is 0 Å². The molecule has 0 spiro atoms. The number of piperidine rings is 1. The molecule has 0 bridgehead atoms. The molecule has 0 radical (unpaired) electrons. The van der Waals surface area contributed by atoms with Crippen LogP contribution in [0, 0.1) is 5.92 Å². The van der Waals surface area contributed by atoms with Crippen LogP contribution in [0.3, 0.4) is 0 Å². The molecule has 3 aliphatic rings. The Bertz CT molecular complexity index is 734. The minimum Gasteiger partial charge on any atom is -0.371 e. The summed E-state index contributed by atoms with van der Waals surface area (Å²) in [4.78, 5) is 19.0. The van der Waals surface area contributed by atoms with Gasteiger partial charge in [0.15, 0.2) is 0 Å². The van der Waals surface area contributed by atoms with Crippen molar-refractivity contribution >= 4 is 11.6 Å². The zero-order valence-corrected chi connectivity index (χ0v) is 17.4. The minimum atomic E-state index is -4.35. The Balaban J connectivity index is 1.48. The number of benzene rings is 1. The van der Waals surface area contributed by atoms with Crippen molar-refractivity contribution in [3.8, 4) is 0 Å². The van der Waals surface area contributed by atoms with Crippen molar-refractivity contribution in [3.05, 3.63) is 29.3 Å². The number of hydrogen-bond donors (Lipinski definition) is 1. The van der Waals surface area contributed by atoms with E-state index in [9.17, 15) is 18.0 Å². The lowest BCUT2D eigenvalue weighted by molar-refractivity contribution is -0.137. The molecule has 5 nitrogen and oxygen atoms in total. The Morgan fingerprint density at radius 2 is 1.67 bits per heavy atom. The van der Waals surface area contributed by atoms with Crippen molar-refractivity contribution in [2.24, 2.45) is 5.92 Å². The number of carbonyl (C=O) groups is 1. The molecule has 8 heteroatoms. The Labute approximate surface area is 176 Å². The molecule has 1 aromatic rings. The van der Waals surface area contributed by atoms with Crippen LogP contribution in [0.4, 0.5) is 18.9 Å². The molecule has 0 atom stereocenters. The van der Waals surface area contributed by atoms with Crippen LogP contribution in [0.2, 0.25) is 0 Å². The molecule has 0 aromatic heterocycles. The molecule has 1 amide bonds. The van der Waals surface area contributed by atoms with E-state index in [4.69, 9.17) is 0 Å². The first kappa shape index (κ1) is 21.4. The highest BCUT2D eigenvalue weighted by atomic mass is 19.4. The summed E-state index contributed by atoms with van der Waals surface area (Å²) in [6.07, 6.45) is -0.794. The van der Waals surface area contributed by atoms with Gasteiger partial charge >= 0.3 is 6.18 Å². The highest BCUT2D eigenvalue weighted by molar-refractivity contribution is 5.79. The first-order valence-corrected chi connectivity index (χ1v) is 11.1. The molecule has 0 aliphatic carbocycles. The second-order valence-corrected chi connectivity index (χ2v) is 8.66. The quantitative estimate of drug-likeness (QED) is 0.807. The molecule has 3 aliphatic heterocycles. The second kappa shape index (κ2) is 9.14. The molecule has 1 aromatic carbocycles. The van der Waals surface area contributed by atoms with Crippen molar-refractivity contribution in [3.63, 3.8) is 0 Å². The topological polar surface area (TPSA) is 38.8 Å². The minimum absolute atomic E-state index is 0.00164.